The lowest BCUT2D eigenvalue weighted by molar-refractivity contribution is 0.0452. The molecule has 0 bridgehead atoms. The van der Waals surface area contributed by atoms with Crippen molar-refractivity contribution >= 4 is 16.8 Å². The second-order valence-corrected chi connectivity index (χ2v) is 6.56. The molecule has 0 radical (unpaired) electrons. The van der Waals surface area contributed by atoms with Crippen molar-refractivity contribution < 1.29 is 9.53 Å². The number of carbonyl (C=O) groups is 1. The van der Waals surface area contributed by atoms with Crippen LogP contribution in [0.15, 0.2) is 29.1 Å². The fourth-order valence-electron chi connectivity index (χ4n) is 3.69. The molecule has 1 spiro atoms. The Balaban J connectivity index is 1.65. The number of ether oxygens (including phenoxy) is 1. The minimum Gasteiger partial charge on any atom is -0.381 e. The normalized spacial score (nSPS) is 24.4. The SMILES string of the molecule is O=C(c1nc2ccccc2c(=O)[nH]1)N1CCCC2(CCOC2)C1. The predicted octanol–water partition coefficient (Wildman–Crippen LogP) is 1.57. The van der Waals surface area contributed by atoms with Gasteiger partial charge in [0.05, 0.1) is 17.5 Å². The number of amides is 1. The third kappa shape index (κ3) is 2.53. The molecule has 2 saturated heterocycles. The predicted molar refractivity (Wildman–Crippen MR) is 85.4 cm³/mol. The van der Waals surface area contributed by atoms with Gasteiger partial charge >= 0.3 is 0 Å². The quantitative estimate of drug-likeness (QED) is 0.867. The van der Waals surface area contributed by atoms with Crippen LogP contribution in [0.4, 0.5) is 0 Å². The standard InChI is InChI=1S/C17H19N3O3/c21-15-12-4-1-2-5-13(12)18-14(19-15)16(22)20-8-3-6-17(10-20)7-9-23-11-17/h1-2,4-5H,3,6-11H2,(H,18,19,21). The van der Waals surface area contributed by atoms with Crippen molar-refractivity contribution in [3.8, 4) is 0 Å². The Morgan fingerprint density at radius 1 is 1.30 bits per heavy atom. The third-order valence-corrected chi connectivity index (χ3v) is 4.95. The molecule has 2 fully saturated rings. The zero-order valence-electron chi connectivity index (χ0n) is 12.9. The molecule has 6 heteroatoms. The van der Waals surface area contributed by atoms with Crippen molar-refractivity contribution in [2.24, 2.45) is 5.41 Å². The van der Waals surface area contributed by atoms with Crippen molar-refractivity contribution in [3.63, 3.8) is 0 Å². The Morgan fingerprint density at radius 2 is 2.17 bits per heavy atom. The fraction of sp³-hybridized carbons (Fsp3) is 0.471. The van der Waals surface area contributed by atoms with Gasteiger partial charge in [-0.3, -0.25) is 9.59 Å². The van der Waals surface area contributed by atoms with Gasteiger partial charge in [0.1, 0.15) is 0 Å². The number of aromatic amines is 1. The minimum absolute atomic E-state index is 0.0883. The molecule has 6 nitrogen and oxygen atoms in total. The zero-order valence-corrected chi connectivity index (χ0v) is 12.9. The zero-order chi connectivity index (χ0) is 15.9. The molecule has 120 valence electrons. The van der Waals surface area contributed by atoms with Crippen LogP contribution in [0.2, 0.25) is 0 Å². The maximum atomic E-state index is 12.8. The lowest BCUT2D eigenvalue weighted by Crippen LogP contribution is -2.47. The number of carbonyl (C=O) groups excluding carboxylic acids is 1. The first-order valence-corrected chi connectivity index (χ1v) is 8.03. The highest BCUT2D eigenvalue weighted by molar-refractivity contribution is 5.92. The van der Waals surface area contributed by atoms with Crippen LogP contribution in [0.5, 0.6) is 0 Å². The van der Waals surface area contributed by atoms with Gasteiger partial charge in [0.25, 0.3) is 11.5 Å². The molecule has 1 aromatic carbocycles. The summed E-state index contributed by atoms with van der Waals surface area (Å²) in [6.45, 7) is 2.88. The summed E-state index contributed by atoms with van der Waals surface area (Å²) < 4.78 is 5.54. The molecular formula is C17H19N3O3. The third-order valence-electron chi connectivity index (χ3n) is 4.95. The van der Waals surface area contributed by atoms with Gasteiger partial charge < -0.3 is 14.6 Å². The molecule has 1 aromatic heterocycles. The number of nitrogens with one attached hydrogen (secondary N) is 1. The lowest BCUT2D eigenvalue weighted by Gasteiger charge is -2.39. The molecule has 2 aromatic rings. The summed E-state index contributed by atoms with van der Waals surface area (Å²) in [5.41, 5.74) is 0.371. The van der Waals surface area contributed by atoms with Gasteiger partial charge in [-0.05, 0) is 31.4 Å². The Kier molecular flexibility index (Phi) is 3.41. The van der Waals surface area contributed by atoms with Crippen LogP contribution in [0, 0.1) is 5.41 Å². The second-order valence-electron chi connectivity index (χ2n) is 6.56. The average Bonchev–Trinajstić information content (AvgIpc) is 3.02. The molecule has 1 atom stereocenters. The number of aromatic nitrogens is 2. The highest BCUT2D eigenvalue weighted by Crippen LogP contribution is 2.37. The van der Waals surface area contributed by atoms with Gasteiger partial charge in [0, 0.05) is 25.1 Å². The highest BCUT2D eigenvalue weighted by Gasteiger charge is 2.40. The number of likely N-dealkylation sites (tertiary alicyclic amines) is 1. The monoisotopic (exact) mass is 313 g/mol. The number of nitrogens with zero attached hydrogens (tertiary/aromatic N) is 2. The summed E-state index contributed by atoms with van der Waals surface area (Å²) >= 11 is 0. The van der Waals surface area contributed by atoms with E-state index in [2.05, 4.69) is 9.97 Å². The van der Waals surface area contributed by atoms with Crippen LogP contribution in [-0.4, -0.2) is 47.1 Å². The van der Waals surface area contributed by atoms with E-state index in [-0.39, 0.29) is 22.7 Å². The van der Waals surface area contributed by atoms with Crippen LogP contribution in [-0.2, 0) is 4.74 Å². The Labute approximate surface area is 133 Å². The minimum atomic E-state index is -0.269. The molecule has 3 heterocycles. The molecule has 4 rings (SSSR count). The maximum absolute atomic E-state index is 12.8. The molecule has 1 amide bonds. The molecule has 1 N–H and O–H groups in total. The van der Waals surface area contributed by atoms with Crippen molar-refractivity contribution in [3.05, 3.63) is 40.4 Å². The van der Waals surface area contributed by atoms with E-state index in [1.165, 1.54) is 0 Å². The van der Waals surface area contributed by atoms with E-state index >= 15 is 0 Å². The summed E-state index contributed by atoms with van der Waals surface area (Å²) in [6, 6.07) is 7.06. The van der Waals surface area contributed by atoms with Crippen molar-refractivity contribution in [1.82, 2.24) is 14.9 Å². The Hall–Kier alpha value is -2.21. The molecule has 2 aliphatic rings. The van der Waals surface area contributed by atoms with Gasteiger partial charge in [0.2, 0.25) is 0 Å². The van der Waals surface area contributed by atoms with Crippen LogP contribution in [0.3, 0.4) is 0 Å². The van der Waals surface area contributed by atoms with Gasteiger partial charge in [0.15, 0.2) is 5.82 Å². The molecule has 1 unspecified atom stereocenters. The molecule has 2 aliphatic heterocycles. The summed E-state index contributed by atoms with van der Waals surface area (Å²) in [6.07, 6.45) is 3.06. The molecule has 23 heavy (non-hydrogen) atoms. The number of fused-ring (bicyclic) bond motifs is 1. The largest absolute Gasteiger partial charge is 0.381 e. The van der Waals surface area contributed by atoms with Gasteiger partial charge in [-0.2, -0.15) is 0 Å². The van der Waals surface area contributed by atoms with Crippen LogP contribution < -0.4 is 5.56 Å². The number of hydrogen-bond donors (Lipinski definition) is 1. The molecular weight excluding hydrogens is 294 g/mol. The summed E-state index contributed by atoms with van der Waals surface area (Å²) in [5.74, 6) is -0.0662. The van der Waals surface area contributed by atoms with Gasteiger partial charge in [-0.15, -0.1) is 0 Å². The van der Waals surface area contributed by atoms with Crippen molar-refractivity contribution in [2.45, 2.75) is 19.3 Å². The van der Waals surface area contributed by atoms with E-state index in [9.17, 15) is 9.59 Å². The Bertz CT molecular complexity index is 808. The first-order valence-electron chi connectivity index (χ1n) is 8.03. The molecule has 0 aliphatic carbocycles. The van der Waals surface area contributed by atoms with Gasteiger partial charge in [-0.1, -0.05) is 12.1 Å². The number of hydrogen-bond acceptors (Lipinski definition) is 4. The summed E-state index contributed by atoms with van der Waals surface area (Å²) in [4.78, 5) is 33.7. The van der Waals surface area contributed by atoms with E-state index in [1.807, 2.05) is 11.0 Å². The van der Waals surface area contributed by atoms with E-state index in [0.717, 1.165) is 32.5 Å². The second kappa shape index (κ2) is 5.45. The van der Waals surface area contributed by atoms with E-state index in [1.54, 1.807) is 18.2 Å². The van der Waals surface area contributed by atoms with Crippen molar-refractivity contribution in [2.75, 3.05) is 26.3 Å². The summed E-state index contributed by atoms with van der Waals surface area (Å²) in [7, 11) is 0. The molecule has 0 saturated carbocycles. The topological polar surface area (TPSA) is 75.3 Å². The number of benzene rings is 1. The van der Waals surface area contributed by atoms with E-state index in [0.29, 0.717) is 24.0 Å². The fourth-order valence-corrected chi connectivity index (χ4v) is 3.69. The highest BCUT2D eigenvalue weighted by atomic mass is 16.5. The van der Waals surface area contributed by atoms with E-state index < -0.39 is 0 Å². The number of para-hydroxylation sites is 1. The lowest BCUT2D eigenvalue weighted by atomic mass is 9.79. The number of H-pyrrole nitrogens is 1. The first kappa shape index (κ1) is 14.4. The first-order chi connectivity index (χ1) is 11.2. The van der Waals surface area contributed by atoms with Crippen LogP contribution in [0.25, 0.3) is 10.9 Å². The number of rotatable bonds is 1. The summed E-state index contributed by atoms with van der Waals surface area (Å²) in [5, 5.41) is 0.503. The van der Waals surface area contributed by atoms with Crippen LogP contribution in [0.1, 0.15) is 29.9 Å². The number of piperidine rings is 1. The Morgan fingerprint density at radius 3 is 3.00 bits per heavy atom. The smallest absolute Gasteiger partial charge is 0.289 e. The van der Waals surface area contributed by atoms with Gasteiger partial charge in [-0.25, -0.2) is 4.98 Å². The van der Waals surface area contributed by atoms with Crippen LogP contribution >= 0.6 is 0 Å². The maximum Gasteiger partial charge on any atom is 0.289 e. The average molecular weight is 313 g/mol. The van der Waals surface area contributed by atoms with E-state index in [4.69, 9.17) is 4.74 Å². The van der Waals surface area contributed by atoms with Crippen molar-refractivity contribution in [1.29, 1.82) is 0 Å².